The second-order valence-electron chi connectivity index (χ2n) is 12.6. The predicted molar refractivity (Wildman–Crippen MR) is 169 cm³/mol. The number of halogens is 3. The molecule has 2 aliphatic heterocycles. The molecule has 2 aliphatic rings. The molecule has 2 aromatic rings. The number of aliphatic hydroxyl groups excluding tert-OH is 1. The van der Waals surface area contributed by atoms with Crippen LogP contribution in [0.3, 0.4) is 0 Å². The van der Waals surface area contributed by atoms with Gasteiger partial charge in [0.25, 0.3) is 0 Å². The molecule has 2 amide bonds. The Hall–Kier alpha value is -3.21. The zero-order chi connectivity index (χ0) is 34.5. The van der Waals surface area contributed by atoms with Gasteiger partial charge in [-0.05, 0) is 43.4 Å². The molecule has 0 aliphatic carbocycles. The van der Waals surface area contributed by atoms with Gasteiger partial charge >= 0.3 is 12.3 Å². The van der Waals surface area contributed by atoms with Crippen molar-refractivity contribution in [1.29, 1.82) is 0 Å². The number of alkyl halides is 3. The number of hydrogen-bond donors (Lipinski definition) is 3. The van der Waals surface area contributed by atoms with Gasteiger partial charge in [0, 0.05) is 75.0 Å². The number of rotatable bonds is 12. The number of piperidine rings is 1. The molecular formula is C31H45F3N6O6S. The maximum Gasteiger partial charge on any atom is 0.416 e. The Kier molecular flexibility index (Phi) is 12.0. The number of β-amino-alcohol motifs (C(OH)–C–C–N with tert-alkyl or cyclic N) is 1. The van der Waals surface area contributed by atoms with Gasteiger partial charge in [-0.15, -0.1) is 0 Å². The molecule has 0 radical (unpaired) electrons. The first-order valence-corrected chi connectivity index (χ1v) is 17.7. The van der Waals surface area contributed by atoms with E-state index in [1.807, 2.05) is 13.8 Å². The van der Waals surface area contributed by atoms with Crippen LogP contribution in [0, 0.1) is 5.92 Å². The van der Waals surface area contributed by atoms with E-state index in [1.54, 1.807) is 11.6 Å². The van der Waals surface area contributed by atoms with Crippen molar-refractivity contribution in [1.82, 2.24) is 29.6 Å². The highest BCUT2D eigenvalue weighted by molar-refractivity contribution is 7.88. The molecule has 3 N–H and O–H groups in total. The van der Waals surface area contributed by atoms with E-state index in [0.29, 0.717) is 68.0 Å². The molecule has 1 fully saturated rings. The number of hydrogen-bond acceptors (Lipinski definition) is 8. The van der Waals surface area contributed by atoms with Crippen molar-refractivity contribution < 1.29 is 41.0 Å². The first kappa shape index (κ1) is 36.6. The molecule has 0 bridgehead atoms. The van der Waals surface area contributed by atoms with Crippen LogP contribution in [0.5, 0.6) is 0 Å². The van der Waals surface area contributed by atoms with Gasteiger partial charge in [-0.2, -0.15) is 22.6 Å². The molecule has 262 valence electrons. The Labute approximate surface area is 273 Å². The number of aliphatic hydroxyl groups is 1. The lowest BCUT2D eigenvalue weighted by Gasteiger charge is -2.33. The van der Waals surface area contributed by atoms with Gasteiger partial charge in [-0.25, -0.2) is 13.2 Å². The van der Waals surface area contributed by atoms with Crippen molar-refractivity contribution in [3.8, 4) is 11.3 Å². The normalized spacial score (nSPS) is 17.4. The minimum atomic E-state index is -4.66. The van der Waals surface area contributed by atoms with Crippen molar-refractivity contribution in [2.45, 2.75) is 84.4 Å². The van der Waals surface area contributed by atoms with Crippen LogP contribution in [-0.2, 0) is 51.8 Å². The van der Waals surface area contributed by atoms with E-state index in [-0.39, 0.29) is 56.0 Å². The smallest absolute Gasteiger partial charge is 0.416 e. The largest absolute Gasteiger partial charge is 0.450 e. The summed E-state index contributed by atoms with van der Waals surface area (Å²) in [5, 5.41) is 21.2. The summed E-state index contributed by atoms with van der Waals surface area (Å²) in [7, 11) is -3.57. The van der Waals surface area contributed by atoms with E-state index in [2.05, 4.69) is 15.5 Å². The number of benzene rings is 1. The van der Waals surface area contributed by atoms with Gasteiger partial charge in [0.05, 0.1) is 36.8 Å². The van der Waals surface area contributed by atoms with Crippen LogP contribution in [0.15, 0.2) is 18.2 Å². The molecule has 4 rings (SSSR count). The van der Waals surface area contributed by atoms with Crippen molar-refractivity contribution in [2.24, 2.45) is 5.92 Å². The van der Waals surface area contributed by atoms with Gasteiger partial charge in [0.1, 0.15) is 0 Å². The summed E-state index contributed by atoms with van der Waals surface area (Å²) in [5.74, 6) is -0.329. The number of nitrogens with one attached hydrogen (secondary N) is 2. The highest BCUT2D eigenvalue weighted by Crippen LogP contribution is 2.37. The topological polar surface area (TPSA) is 146 Å². The average Bonchev–Trinajstić information content (AvgIpc) is 3.33. The van der Waals surface area contributed by atoms with Crippen molar-refractivity contribution in [2.75, 3.05) is 39.0 Å². The number of sulfonamides is 1. The minimum Gasteiger partial charge on any atom is -0.450 e. The van der Waals surface area contributed by atoms with E-state index in [4.69, 9.17) is 9.84 Å². The van der Waals surface area contributed by atoms with Crippen LogP contribution in [0.1, 0.15) is 62.4 Å². The zero-order valence-electron chi connectivity index (χ0n) is 27.3. The highest BCUT2D eigenvalue weighted by Gasteiger charge is 2.35. The molecule has 1 aromatic carbocycles. The molecule has 1 aromatic heterocycles. The van der Waals surface area contributed by atoms with Crippen LogP contribution in [0.4, 0.5) is 18.0 Å². The second kappa shape index (κ2) is 15.3. The quantitative estimate of drug-likeness (QED) is 0.309. The average molecular weight is 687 g/mol. The first-order chi connectivity index (χ1) is 22.0. The molecular weight excluding hydrogens is 641 g/mol. The molecule has 3 heterocycles. The SMILES string of the molecule is CCOC(=O)NC1CCN(CC(O)Cn2nc(-c3ccc(C(F)(F)F)c(CNC(=O)CC(C)C)c3)c3c2CCN(S(C)(=O)=O)C3)CC1. The Morgan fingerprint density at radius 1 is 1.15 bits per heavy atom. The Morgan fingerprint density at radius 2 is 1.85 bits per heavy atom. The fraction of sp³-hybridized carbons (Fsp3) is 0.645. The number of amides is 2. The first-order valence-electron chi connectivity index (χ1n) is 15.9. The third-order valence-corrected chi connectivity index (χ3v) is 9.61. The summed E-state index contributed by atoms with van der Waals surface area (Å²) in [6.45, 7) is 7.31. The summed E-state index contributed by atoms with van der Waals surface area (Å²) in [6, 6.07) is 3.59. The lowest BCUT2D eigenvalue weighted by atomic mass is 9.97. The molecule has 1 atom stereocenters. The molecule has 0 saturated carbocycles. The van der Waals surface area contributed by atoms with Crippen molar-refractivity contribution in [3.63, 3.8) is 0 Å². The predicted octanol–water partition coefficient (Wildman–Crippen LogP) is 3.12. The number of aromatic nitrogens is 2. The summed E-state index contributed by atoms with van der Waals surface area (Å²) >= 11 is 0. The molecule has 47 heavy (non-hydrogen) atoms. The number of carbonyl (C=O) groups is 2. The summed E-state index contributed by atoms with van der Waals surface area (Å²) in [6.07, 6.45) is -2.96. The van der Waals surface area contributed by atoms with Crippen LogP contribution in [0.25, 0.3) is 11.3 Å². The van der Waals surface area contributed by atoms with Crippen LogP contribution in [0.2, 0.25) is 0 Å². The Morgan fingerprint density at radius 3 is 2.47 bits per heavy atom. The molecule has 0 spiro atoms. The number of alkyl carbamates (subject to hydrolysis) is 1. The van der Waals surface area contributed by atoms with Gasteiger partial charge < -0.3 is 25.4 Å². The van der Waals surface area contributed by atoms with Gasteiger partial charge in [-0.3, -0.25) is 9.48 Å². The lowest BCUT2D eigenvalue weighted by Crippen LogP contribution is -2.47. The fourth-order valence-electron chi connectivity index (χ4n) is 6.09. The minimum absolute atomic E-state index is 0.0119. The Balaban J connectivity index is 1.57. The van der Waals surface area contributed by atoms with E-state index >= 15 is 0 Å². The van der Waals surface area contributed by atoms with Crippen molar-refractivity contribution >= 4 is 22.0 Å². The highest BCUT2D eigenvalue weighted by atomic mass is 32.2. The van der Waals surface area contributed by atoms with Crippen LogP contribution >= 0.6 is 0 Å². The zero-order valence-corrected chi connectivity index (χ0v) is 28.1. The van der Waals surface area contributed by atoms with E-state index in [9.17, 15) is 36.3 Å². The molecule has 1 saturated heterocycles. The Bertz CT molecular complexity index is 1520. The number of nitrogens with zero attached hydrogens (tertiary/aromatic N) is 4. The maximum atomic E-state index is 14.0. The van der Waals surface area contributed by atoms with Gasteiger partial charge in [-0.1, -0.05) is 19.9 Å². The molecule has 16 heteroatoms. The monoisotopic (exact) mass is 686 g/mol. The van der Waals surface area contributed by atoms with Crippen LogP contribution < -0.4 is 10.6 Å². The van der Waals surface area contributed by atoms with Crippen LogP contribution in [-0.4, -0.2) is 95.7 Å². The van der Waals surface area contributed by atoms with E-state index in [1.165, 1.54) is 16.4 Å². The number of likely N-dealkylation sites (tertiary alicyclic amines) is 1. The second-order valence-corrected chi connectivity index (χ2v) is 14.6. The van der Waals surface area contributed by atoms with Gasteiger partial charge in [0.15, 0.2) is 0 Å². The molecule has 12 nitrogen and oxygen atoms in total. The van der Waals surface area contributed by atoms with Gasteiger partial charge in [0.2, 0.25) is 15.9 Å². The molecule has 1 unspecified atom stereocenters. The fourth-order valence-corrected chi connectivity index (χ4v) is 6.87. The summed E-state index contributed by atoms with van der Waals surface area (Å²) in [4.78, 5) is 26.1. The third kappa shape index (κ3) is 9.90. The number of carbonyl (C=O) groups excluding carboxylic acids is 2. The van der Waals surface area contributed by atoms with E-state index < -0.39 is 34.0 Å². The maximum absolute atomic E-state index is 14.0. The summed E-state index contributed by atoms with van der Waals surface area (Å²) < 4.78 is 74.7. The standard InChI is InChI=1S/C31H45F3N6O6S/c1-5-46-30(43)36-23-8-11-38(12-9-23)17-24(41)18-40-27-10-13-39(47(4,44)45)19-25(27)29(37-40)21-6-7-26(31(32,33)34)22(15-21)16-35-28(42)14-20(2)3/h6-7,15,20,23-24,41H,5,8-14,16-19H2,1-4H3,(H,35,42)(H,36,43). The number of ether oxygens (including phenoxy) is 1. The third-order valence-electron chi connectivity index (χ3n) is 8.36. The lowest BCUT2D eigenvalue weighted by molar-refractivity contribution is -0.138. The number of fused-ring (bicyclic) bond motifs is 1. The summed E-state index contributed by atoms with van der Waals surface area (Å²) in [5.41, 5.74) is 0.940. The van der Waals surface area contributed by atoms with Crippen molar-refractivity contribution in [3.05, 3.63) is 40.6 Å². The van der Waals surface area contributed by atoms with E-state index in [0.717, 1.165) is 12.3 Å².